The van der Waals surface area contributed by atoms with Crippen molar-refractivity contribution in [3.63, 3.8) is 0 Å². The monoisotopic (exact) mass is 450 g/mol. The molecule has 0 aromatic heterocycles. The Kier molecular flexibility index (Phi) is 8.73. The lowest BCUT2D eigenvalue weighted by Crippen LogP contribution is -2.33. The fraction of sp³-hybridized carbons (Fsp3) is 0.435. The molecule has 1 atom stereocenters. The quantitative estimate of drug-likeness (QED) is 0.508. The van der Waals surface area contributed by atoms with Gasteiger partial charge in [0, 0.05) is 46.7 Å². The zero-order valence-electron chi connectivity index (χ0n) is 16.8. The predicted molar refractivity (Wildman–Crippen MR) is 125 cm³/mol. The van der Waals surface area contributed by atoms with Gasteiger partial charge in [0.1, 0.15) is 0 Å². The number of nitrogens with zero attached hydrogens (tertiary/aromatic N) is 1. The summed E-state index contributed by atoms with van der Waals surface area (Å²) in [5.41, 5.74) is 3.05. The maximum atomic E-state index is 12.3. The number of nitrogens with one attached hydrogen (secondary N) is 1. The summed E-state index contributed by atoms with van der Waals surface area (Å²) in [4.78, 5) is 14.9. The number of carbonyl (C=O) groups excluding carboxylic acids is 1. The lowest BCUT2D eigenvalue weighted by atomic mass is 9.99. The van der Waals surface area contributed by atoms with Crippen LogP contribution in [0.5, 0.6) is 0 Å². The number of amides is 1. The van der Waals surface area contributed by atoms with Gasteiger partial charge in [-0.05, 0) is 60.7 Å². The molecule has 29 heavy (non-hydrogen) atoms. The van der Waals surface area contributed by atoms with E-state index in [1.54, 1.807) is 17.8 Å². The first-order chi connectivity index (χ1) is 14.0. The summed E-state index contributed by atoms with van der Waals surface area (Å²) < 4.78 is 0. The van der Waals surface area contributed by atoms with Gasteiger partial charge in [-0.1, -0.05) is 48.3 Å². The van der Waals surface area contributed by atoms with Gasteiger partial charge in [0.2, 0.25) is 0 Å². The molecule has 1 fully saturated rings. The number of carbonyl (C=O) groups is 1. The zero-order chi connectivity index (χ0) is 20.6. The SMILES string of the molecule is C[C@H]1CCCN(Cc2ccc(C(=O)NCCSCc3ccc(Cl)cc3Cl)cc2)C1. The van der Waals surface area contributed by atoms with Gasteiger partial charge in [0.25, 0.3) is 5.91 Å². The second-order valence-corrected chi connectivity index (χ2v) is 9.67. The number of benzene rings is 2. The molecule has 1 aliphatic rings. The summed E-state index contributed by atoms with van der Waals surface area (Å²) in [5, 5.41) is 4.33. The number of piperidine rings is 1. The summed E-state index contributed by atoms with van der Waals surface area (Å²) in [6, 6.07) is 13.6. The van der Waals surface area contributed by atoms with Crippen LogP contribution in [0, 0.1) is 5.92 Å². The maximum absolute atomic E-state index is 12.3. The van der Waals surface area contributed by atoms with Gasteiger partial charge in [-0.3, -0.25) is 9.69 Å². The van der Waals surface area contributed by atoms with Crippen molar-refractivity contribution in [2.45, 2.75) is 32.1 Å². The van der Waals surface area contributed by atoms with Crippen molar-refractivity contribution >= 4 is 40.9 Å². The lowest BCUT2D eigenvalue weighted by Gasteiger charge is -2.30. The highest BCUT2D eigenvalue weighted by Gasteiger charge is 2.16. The number of likely N-dealkylation sites (tertiary alicyclic amines) is 1. The van der Waals surface area contributed by atoms with Crippen molar-refractivity contribution in [1.29, 1.82) is 0 Å². The normalized spacial score (nSPS) is 17.3. The van der Waals surface area contributed by atoms with Gasteiger partial charge in [-0.15, -0.1) is 0 Å². The molecule has 3 rings (SSSR count). The van der Waals surface area contributed by atoms with Crippen LogP contribution in [0.1, 0.15) is 41.3 Å². The Balaban J connectivity index is 1.38. The van der Waals surface area contributed by atoms with E-state index in [1.807, 2.05) is 24.3 Å². The number of rotatable bonds is 8. The van der Waals surface area contributed by atoms with Gasteiger partial charge in [0.05, 0.1) is 0 Å². The summed E-state index contributed by atoms with van der Waals surface area (Å²) >= 11 is 13.8. The summed E-state index contributed by atoms with van der Waals surface area (Å²) in [6.07, 6.45) is 2.62. The molecule has 2 aromatic carbocycles. The van der Waals surface area contributed by atoms with Crippen molar-refractivity contribution in [2.24, 2.45) is 5.92 Å². The third-order valence-electron chi connectivity index (χ3n) is 5.17. The topological polar surface area (TPSA) is 32.3 Å². The van der Waals surface area contributed by atoms with Gasteiger partial charge < -0.3 is 5.32 Å². The van der Waals surface area contributed by atoms with Gasteiger partial charge in [-0.25, -0.2) is 0 Å². The second-order valence-electron chi connectivity index (χ2n) is 7.72. The summed E-state index contributed by atoms with van der Waals surface area (Å²) in [6.45, 7) is 6.26. The van der Waals surface area contributed by atoms with Crippen molar-refractivity contribution in [3.8, 4) is 0 Å². The first kappa shape index (κ1) is 22.5. The molecule has 1 amide bonds. The second kappa shape index (κ2) is 11.3. The molecule has 1 aliphatic heterocycles. The molecule has 0 unspecified atom stereocenters. The van der Waals surface area contributed by atoms with Crippen molar-refractivity contribution in [1.82, 2.24) is 10.2 Å². The summed E-state index contributed by atoms with van der Waals surface area (Å²) in [5.74, 6) is 2.39. The van der Waals surface area contributed by atoms with Gasteiger partial charge >= 0.3 is 0 Å². The highest BCUT2D eigenvalue weighted by Crippen LogP contribution is 2.24. The van der Waals surface area contributed by atoms with Crippen LogP contribution in [-0.4, -0.2) is 36.2 Å². The Morgan fingerprint density at radius 3 is 2.72 bits per heavy atom. The highest BCUT2D eigenvalue weighted by molar-refractivity contribution is 7.98. The van der Waals surface area contributed by atoms with Crippen LogP contribution in [0.3, 0.4) is 0 Å². The van der Waals surface area contributed by atoms with Crippen molar-refractivity contribution in [3.05, 3.63) is 69.2 Å². The Labute approximate surface area is 188 Å². The average molecular weight is 451 g/mol. The minimum absolute atomic E-state index is 0.0201. The molecular formula is C23H28Cl2N2OS. The third-order valence-corrected chi connectivity index (χ3v) is 6.76. The fourth-order valence-corrected chi connectivity index (χ4v) is 5.03. The third kappa shape index (κ3) is 7.21. The van der Waals surface area contributed by atoms with E-state index in [0.29, 0.717) is 22.2 Å². The molecule has 0 aliphatic carbocycles. The van der Waals surface area contributed by atoms with E-state index in [9.17, 15) is 4.79 Å². The first-order valence-corrected chi connectivity index (χ1v) is 12.0. The smallest absolute Gasteiger partial charge is 0.251 e. The molecule has 1 saturated heterocycles. The molecule has 1 heterocycles. The van der Waals surface area contributed by atoms with E-state index in [2.05, 4.69) is 29.3 Å². The Bertz CT molecular complexity index is 813. The average Bonchev–Trinajstić information content (AvgIpc) is 2.69. The minimum Gasteiger partial charge on any atom is -0.351 e. The number of thioether (sulfide) groups is 1. The molecule has 3 nitrogen and oxygen atoms in total. The zero-order valence-corrected chi connectivity index (χ0v) is 19.1. The lowest BCUT2D eigenvalue weighted by molar-refractivity contribution is 0.0956. The molecule has 0 radical (unpaired) electrons. The Morgan fingerprint density at radius 1 is 1.21 bits per heavy atom. The molecule has 156 valence electrons. The maximum Gasteiger partial charge on any atom is 0.251 e. The number of hydrogen-bond donors (Lipinski definition) is 1. The van der Waals surface area contributed by atoms with Crippen molar-refractivity contribution in [2.75, 3.05) is 25.4 Å². The fourth-order valence-electron chi connectivity index (χ4n) is 3.61. The van der Waals surface area contributed by atoms with Crippen LogP contribution in [0.4, 0.5) is 0 Å². The van der Waals surface area contributed by atoms with E-state index >= 15 is 0 Å². The van der Waals surface area contributed by atoms with Crippen LogP contribution in [-0.2, 0) is 12.3 Å². The van der Waals surface area contributed by atoms with Crippen LogP contribution < -0.4 is 5.32 Å². The molecule has 0 saturated carbocycles. The van der Waals surface area contributed by atoms with E-state index < -0.39 is 0 Å². The van der Waals surface area contributed by atoms with E-state index in [0.717, 1.165) is 29.5 Å². The standard InChI is InChI=1S/C23H28Cl2N2OS/c1-17-3-2-11-27(14-17)15-18-4-6-19(7-5-18)23(28)26-10-12-29-16-20-8-9-21(24)13-22(20)25/h4-9,13,17H,2-3,10-12,14-16H2,1H3,(H,26,28)/t17-/m0/s1. The van der Waals surface area contributed by atoms with Crippen LogP contribution >= 0.6 is 35.0 Å². The molecule has 2 aromatic rings. The highest BCUT2D eigenvalue weighted by atomic mass is 35.5. The molecule has 0 bridgehead atoms. The van der Waals surface area contributed by atoms with E-state index in [-0.39, 0.29) is 5.91 Å². The number of halogens is 2. The van der Waals surface area contributed by atoms with E-state index in [4.69, 9.17) is 23.2 Å². The van der Waals surface area contributed by atoms with Crippen LogP contribution in [0.25, 0.3) is 0 Å². The number of hydrogen-bond acceptors (Lipinski definition) is 3. The first-order valence-electron chi connectivity index (χ1n) is 10.1. The molecule has 0 spiro atoms. The van der Waals surface area contributed by atoms with Gasteiger partial charge in [0.15, 0.2) is 0 Å². The Morgan fingerprint density at radius 2 is 2.00 bits per heavy atom. The Hall–Kier alpha value is -1.20. The predicted octanol–water partition coefficient (Wildman–Crippen LogP) is 5.89. The van der Waals surface area contributed by atoms with E-state index in [1.165, 1.54) is 31.5 Å². The molecule has 6 heteroatoms. The molecule has 1 N–H and O–H groups in total. The van der Waals surface area contributed by atoms with Crippen LogP contribution in [0.2, 0.25) is 10.0 Å². The molecular weight excluding hydrogens is 423 g/mol. The minimum atomic E-state index is -0.0201. The van der Waals surface area contributed by atoms with Crippen molar-refractivity contribution < 1.29 is 4.79 Å². The largest absolute Gasteiger partial charge is 0.351 e. The van der Waals surface area contributed by atoms with Crippen LogP contribution in [0.15, 0.2) is 42.5 Å². The van der Waals surface area contributed by atoms with Gasteiger partial charge in [-0.2, -0.15) is 11.8 Å². The summed E-state index contributed by atoms with van der Waals surface area (Å²) in [7, 11) is 0.